The van der Waals surface area contributed by atoms with Crippen LogP contribution in [0.3, 0.4) is 0 Å². The number of hydrogen-bond acceptors (Lipinski definition) is 6. The molecule has 9 nitrogen and oxygen atoms in total. The average molecular weight is 409 g/mol. The molecule has 1 N–H and O–H groups in total. The maximum atomic E-state index is 13.0. The average Bonchev–Trinajstić information content (AvgIpc) is 3.18. The zero-order valence-electron chi connectivity index (χ0n) is 17.8. The number of aromatic nitrogens is 5. The van der Waals surface area contributed by atoms with Crippen LogP contribution >= 0.6 is 0 Å². The van der Waals surface area contributed by atoms with Gasteiger partial charge in [-0.3, -0.25) is 14.7 Å². The van der Waals surface area contributed by atoms with Crippen LogP contribution in [0, 0.1) is 6.92 Å². The van der Waals surface area contributed by atoms with Gasteiger partial charge in [-0.2, -0.15) is 0 Å². The van der Waals surface area contributed by atoms with E-state index in [-0.39, 0.29) is 17.4 Å². The Morgan fingerprint density at radius 1 is 1.30 bits per heavy atom. The zero-order chi connectivity index (χ0) is 21.4. The number of likely N-dealkylation sites (tertiary alicyclic amines) is 1. The van der Waals surface area contributed by atoms with Gasteiger partial charge in [0.25, 0.3) is 11.5 Å². The van der Waals surface area contributed by atoms with E-state index in [1.165, 1.54) is 4.52 Å². The highest BCUT2D eigenvalue weighted by atomic mass is 16.2. The maximum absolute atomic E-state index is 13.0. The van der Waals surface area contributed by atoms with Gasteiger partial charge < -0.3 is 9.80 Å². The van der Waals surface area contributed by atoms with Gasteiger partial charge in [0.1, 0.15) is 0 Å². The summed E-state index contributed by atoms with van der Waals surface area (Å²) in [4.78, 5) is 42.4. The molecule has 0 aliphatic carbocycles. The third-order valence-electron chi connectivity index (χ3n) is 5.72. The SMILES string of the molecule is CCc1c(C)nc2cc(C3CCCN(C(=O)c4cnc(N(C)C)nc4)C3)[nH]n2c1=O. The molecular formula is C21H27N7O2. The Labute approximate surface area is 174 Å². The highest BCUT2D eigenvalue weighted by Crippen LogP contribution is 2.27. The predicted molar refractivity (Wildman–Crippen MR) is 114 cm³/mol. The van der Waals surface area contributed by atoms with E-state index < -0.39 is 0 Å². The molecule has 9 heteroatoms. The molecule has 0 saturated carbocycles. The van der Waals surface area contributed by atoms with Crippen molar-refractivity contribution in [3.8, 4) is 0 Å². The first kappa shape index (κ1) is 20.1. The lowest BCUT2D eigenvalue weighted by Crippen LogP contribution is -2.39. The van der Waals surface area contributed by atoms with Gasteiger partial charge in [0.05, 0.1) is 5.56 Å². The molecule has 1 aliphatic heterocycles. The van der Waals surface area contributed by atoms with Gasteiger partial charge in [-0.25, -0.2) is 19.5 Å². The van der Waals surface area contributed by atoms with Crippen LogP contribution in [-0.2, 0) is 6.42 Å². The molecule has 30 heavy (non-hydrogen) atoms. The summed E-state index contributed by atoms with van der Waals surface area (Å²) in [6.45, 7) is 5.11. The summed E-state index contributed by atoms with van der Waals surface area (Å²) in [6.07, 6.45) is 5.64. The molecule has 158 valence electrons. The van der Waals surface area contributed by atoms with E-state index in [1.807, 2.05) is 38.9 Å². The maximum Gasteiger partial charge on any atom is 0.276 e. The Morgan fingerprint density at radius 2 is 2.03 bits per heavy atom. The molecule has 3 aromatic heterocycles. The van der Waals surface area contributed by atoms with Crippen molar-refractivity contribution in [2.24, 2.45) is 0 Å². The van der Waals surface area contributed by atoms with E-state index in [1.54, 1.807) is 17.3 Å². The number of hydrogen-bond donors (Lipinski definition) is 1. The number of rotatable bonds is 4. The number of nitrogens with one attached hydrogen (secondary N) is 1. The summed E-state index contributed by atoms with van der Waals surface area (Å²) >= 11 is 0. The molecular weight excluding hydrogens is 382 g/mol. The van der Waals surface area contributed by atoms with Gasteiger partial charge in [0.15, 0.2) is 5.65 Å². The van der Waals surface area contributed by atoms with Crippen LogP contribution < -0.4 is 10.5 Å². The number of piperidine rings is 1. The lowest BCUT2D eigenvalue weighted by molar-refractivity contribution is 0.0705. The first-order valence-corrected chi connectivity index (χ1v) is 10.3. The summed E-state index contributed by atoms with van der Waals surface area (Å²) < 4.78 is 1.52. The van der Waals surface area contributed by atoms with Gasteiger partial charge >= 0.3 is 0 Å². The normalized spacial score (nSPS) is 16.8. The lowest BCUT2D eigenvalue weighted by atomic mass is 9.94. The molecule has 1 atom stereocenters. The van der Waals surface area contributed by atoms with E-state index in [0.29, 0.717) is 36.7 Å². The molecule has 4 rings (SSSR count). The minimum atomic E-state index is -0.0690. The second-order valence-electron chi connectivity index (χ2n) is 8.00. The largest absolute Gasteiger partial charge is 0.347 e. The van der Waals surface area contributed by atoms with E-state index in [0.717, 1.165) is 29.8 Å². The van der Waals surface area contributed by atoms with Crippen molar-refractivity contribution in [1.82, 2.24) is 29.5 Å². The number of H-pyrrole nitrogens is 1. The Hall–Kier alpha value is -3.23. The highest BCUT2D eigenvalue weighted by molar-refractivity contribution is 5.93. The van der Waals surface area contributed by atoms with Crippen molar-refractivity contribution in [3.05, 3.63) is 51.3 Å². The number of anilines is 1. The fourth-order valence-corrected chi connectivity index (χ4v) is 4.07. The quantitative estimate of drug-likeness (QED) is 0.705. The Balaban J connectivity index is 1.57. The molecule has 4 heterocycles. The molecule has 0 bridgehead atoms. The number of carbonyl (C=O) groups excluding carboxylic acids is 1. The minimum absolute atomic E-state index is 0.0480. The van der Waals surface area contributed by atoms with Gasteiger partial charge in [0.2, 0.25) is 5.95 Å². The summed E-state index contributed by atoms with van der Waals surface area (Å²) in [5.74, 6) is 0.623. The number of aromatic amines is 1. The third-order valence-corrected chi connectivity index (χ3v) is 5.72. The van der Waals surface area contributed by atoms with Gasteiger partial charge in [-0.15, -0.1) is 0 Å². The van der Waals surface area contributed by atoms with Crippen LogP contribution in [0.4, 0.5) is 5.95 Å². The Kier molecular flexibility index (Phi) is 5.27. The number of amides is 1. The molecule has 1 unspecified atom stereocenters. The molecule has 0 aromatic carbocycles. The van der Waals surface area contributed by atoms with Crippen LogP contribution in [0.5, 0.6) is 0 Å². The van der Waals surface area contributed by atoms with Crippen LogP contribution in [0.1, 0.15) is 53.0 Å². The van der Waals surface area contributed by atoms with Crippen LogP contribution in [0.2, 0.25) is 0 Å². The van der Waals surface area contributed by atoms with Crippen molar-refractivity contribution >= 4 is 17.5 Å². The first-order chi connectivity index (χ1) is 14.4. The van der Waals surface area contributed by atoms with Crippen LogP contribution in [0.25, 0.3) is 5.65 Å². The number of nitrogens with zero attached hydrogens (tertiary/aromatic N) is 6. The smallest absolute Gasteiger partial charge is 0.276 e. The highest BCUT2D eigenvalue weighted by Gasteiger charge is 2.27. The van der Waals surface area contributed by atoms with Crippen molar-refractivity contribution in [3.63, 3.8) is 0 Å². The van der Waals surface area contributed by atoms with Gasteiger partial charge in [-0.05, 0) is 26.2 Å². The number of carbonyl (C=O) groups is 1. The molecule has 1 fully saturated rings. The summed E-state index contributed by atoms with van der Waals surface area (Å²) in [5, 5.41) is 3.23. The van der Waals surface area contributed by atoms with E-state index in [9.17, 15) is 9.59 Å². The third kappa shape index (κ3) is 3.55. The van der Waals surface area contributed by atoms with Crippen LogP contribution in [0.15, 0.2) is 23.3 Å². The van der Waals surface area contributed by atoms with Crippen molar-refractivity contribution in [2.45, 2.75) is 39.0 Å². The molecule has 0 spiro atoms. The fourth-order valence-electron chi connectivity index (χ4n) is 4.07. The monoisotopic (exact) mass is 409 g/mol. The number of aryl methyl sites for hydroxylation is 1. The second-order valence-corrected chi connectivity index (χ2v) is 8.00. The van der Waals surface area contributed by atoms with Gasteiger partial charge in [-0.1, -0.05) is 6.92 Å². The lowest BCUT2D eigenvalue weighted by Gasteiger charge is -2.32. The second kappa shape index (κ2) is 7.89. The van der Waals surface area contributed by atoms with E-state index in [4.69, 9.17) is 0 Å². The Bertz CT molecular complexity index is 1130. The summed E-state index contributed by atoms with van der Waals surface area (Å²) in [7, 11) is 3.72. The molecule has 1 amide bonds. The first-order valence-electron chi connectivity index (χ1n) is 10.3. The van der Waals surface area contributed by atoms with E-state index in [2.05, 4.69) is 20.1 Å². The standard InChI is InChI=1S/C21H27N7O2/c1-5-16-13(2)24-18-9-17(25-28(18)20(16)30)14-7-6-8-27(12-14)19(29)15-10-22-21(23-11-15)26(3)4/h9-11,14,25H,5-8,12H2,1-4H3. The topological polar surface area (TPSA) is 99.5 Å². The number of fused-ring (bicyclic) bond motifs is 1. The van der Waals surface area contributed by atoms with Crippen molar-refractivity contribution < 1.29 is 4.79 Å². The summed E-state index contributed by atoms with van der Waals surface area (Å²) in [5.41, 5.74) is 3.49. The zero-order valence-corrected chi connectivity index (χ0v) is 17.8. The molecule has 1 aliphatic rings. The van der Waals surface area contributed by atoms with Crippen LogP contribution in [-0.4, -0.2) is 62.6 Å². The van der Waals surface area contributed by atoms with E-state index >= 15 is 0 Å². The Morgan fingerprint density at radius 3 is 2.70 bits per heavy atom. The molecule has 1 saturated heterocycles. The minimum Gasteiger partial charge on any atom is -0.347 e. The van der Waals surface area contributed by atoms with Gasteiger partial charge in [0, 0.05) is 68.5 Å². The predicted octanol–water partition coefficient (Wildman–Crippen LogP) is 1.77. The van der Waals surface area contributed by atoms with Crippen molar-refractivity contribution in [2.75, 3.05) is 32.1 Å². The summed E-state index contributed by atoms with van der Waals surface area (Å²) in [6, 6.07) is 1.93. The fraction of sp³-hybridized carbons (Fsp3) is 0.476. The van der Waals surface area contributed by atoms with Crippen molar-refractivity contribution in [1.29, 1.82) is 0 Å². The molecule has 3 aromatic rings. The molecule has 0 radical (unpaired) electrons.